The summed E-state index contributed by atoms with van der Waals surface area (Å²) < 4.78 is 36.7. The first-order chi connectivity index (χ1) is 18.1. The van der Waals surface area contributed by atoms with Gasteiger partial charge in [-0.2, -0.15) is 4.31 Å². The van der Waals surface area contributed by atoms with Gasteiger partial charge in [-0.3, -0.25) is 19.2 Å². The number of benzene rings is 1. The van der Waals surface area contributed by atoms with Crippen LogP contribution >= 0.6 is 0 Å². The first-order valence-electron chi connectivity index (χ1n) is 12.5. The fraction of sp³-hybridized carbons (Fsp3) is 0.520. The number of carbonyl (C=O) groups excluding carboxylic acids is 4. The molecular formula is C25H32N4O8S. The number of nitrogens with zero attached hydrogens (tertiary/aromatic N) is 2. The van der Waals surface area contributed by atoms with Crippen molar-refractivity contribution in [2.75, 3.05) is 26.0 Å². The maximum absolute atomic E-state index is 13.9. The van der Waals surface area contributed by atoms with E-state index in [0.717, 1.165) is 6.26 Å². The lowest BCUT2D eigenvalue weighted by atomic mass is 9.97. The van der Waals surface area contributed by atoms with E-state index in [9.17, 15) is 27.6 Å². The normalized spacial score (nSPS) is 28.2. The van der Waals surface area contributed by atoms with Crippen LogP contribution in [0.15, 0.2) is 42.5 Å². The third kappa shape index (κ3) is 6.22. The number of hydrogen-bond donors (Lipinski definition) is 2. The number of cyclic esters (lactones) is 1. The number of carbonyl (C=O) groups is 4. The Labute approximate surface area is 221 Å². The van der Waals surface area contributed by atoms with Crippen molar-refractivity contribution in [3.63, 3.8) is 0 Å². The van der Waals surface area contributed by atoms with Crippen LogP contribution in [0, 0.1) is 0 Å². The topological polar surface area (TPSA) is 151 Å². The molecule has 38 heavy (non-hydrogen) atoms. The number of amides is 3. The zero-order chi connectivity index (χ0) is 27.4. The zero-order valence-corrected chi connectivity index (χ0v) is 22.1. The molecule has 0 bridgehead atoms. The summed E-state index contributed by atoms with van der Waals surface area (Å²) in [6, 6.07) is 4.86. The van der Waals surface area contributed by atoms with E-state index in [2.05, 4.69) is 10.6 Å². The Balaban J connectivity index is 1.61. The van der Waals surface area contributed by atoms with Crippen LogP contribution in [0.4, 0.5) is 0 Å². The molecule has 2 N–H and O–H groups in total. The van der Waals surface area contributed by atoms with Crippen molar-refractivity contribution in [3.8, 4) is 0 Å². The van der Waals surface area contributed by atoms with Crippen molar-refractivity contribution >= 4 is 33.7 Å². The molecule has 5 atom stereocenters. The average Bonchev–Trinajstić information content (AvgIpc) is 3.22. The highest BCUT2D eigenvalue weighted by Gasteiger charge is 2.47. The minimum atomic E-state index is -3.69. The van der Waals surface area contributed by atoms with Crippen molar-refractivity contribution in [1.82, 2.24) is 19.8 Å². The molecule has 0 aliphatic carbocycles. The summed E-state index contributed by atoms with van der Waals surface area (Å²) in [4.78, 5) is 53.5. The van der Waals surface area contributed by atoms with Gasteiger partial charge >= 0.3 is 5.97 Å². The van der Waals surface area contributed by atoms with Gasteiger partial charge in [0.2, 0.25) is 28.1 Å². The Morgan fingerprint density at radius 1 is 1.08 bits per heavy atom. The van der Waals surface area contributed by atoms with Gasteiger partial charge in [-0.15, -0.1) is 0 Å². The third-order valence-electron chi connectivity index (χ3n) is 6.75. The summed E-state index contributed by atoms with van der Waals surface area (Å²) in [5, 5.41) is 5.49. The molecule has 0 aromatic heterocycles. The smallest absolute Gasteiger partial charge is 0.310 e. The standard InChI is InChI=1S/C25H32N4O8S/c1-3-36-25-19(13-21(30)37-25)27-23(32)20-15-28(38(2,34)35)14-17-11-7-8-12-18(24(33)29(17)20)26-22(31)16-9-5-4-6-10-16/h4-10,17-20,25H,3,11-15H2,1-2H3,(H,26,31)(H,27,32)/t17-,18-,19?,20-,25?/m0/s1. The van der Waals surface area contributed by atoms with E-state index in [1.165, 1.54) is 9.21 Å². The van der Waals surface area contributed by atoms with Crippen LogP contribution < -0.4 is 10.6 Å². The predicted octanol–water partition coefficient (Wildman–Crippen LogP) is -0.230. The second-order valence-electron chi connectivity index (χ2n) is 9.46. The van der Waals surface area contributed by atoms with Crippen LogP contribution in [-0.2, 0) is 33.9 Å². The first kappa shape index (κ1) is 27.7. The highest BCUT2D eigenvalue weighted by atomic mass is 32.2. The summed E-state index contributed by atoms with van der Waals surface area (Å²) in [6.07, 6.45) is 4.08. The fourth-order valence-corrected chi connectivity index (χ4v) is 5.76. The van der Waals surface area contributed by atoms with Crippen LogP contribution in [0.5, 0.6) is 0 Å². The molecule has 3 aliphatic rings. The van der Waals surface area contributed by atoms with Gasteiger partial charge < -0.3 is 25.0 Å². The summed E-state index contributed by atoms with van der Waals surface area (Å²) in [5.41, 5.74) is 0.381. The molecule has 3 aliphatic heterocycles. The zero-order valence-electron chi connectivity index (χ0n) is 21.2. The quantitative estimate of drug-likeness (QED) is 0.350. The van der Waals surface area contributed by atoms with Crippen LogP contribution in [-0.4, -0.2) is 97.7 Å². The number of piperazine rings is 1. The van der Waals surface area contributed by atoms with Crippen LogP contribution in [0.3, 0.4) is 0 Å². The van der Waals surface area contributed by atoms with E-state index in [0.29, 0.717) is 12.0 Å². The van der Waals surface area contributed by atoms with Gasteiger partial charge in [0, 0.05) is 31.3 Å². The van der Waals surface area contributed by atoms with Crippen molar-refractivity contribution in [2.24, 2.45) is 0 Å². The molecule has 1 aromatic rings. The molecule has 0 spiro atoms. The van der Waals surface area contributed by atoms with Gasteiger partial charge in [0.1, 0.15) is 18.1 Å². The summed E-state index contributed by atoms with van der Waals surface area (Å²) in [5.74, 6) is -2.10. The molecule has 206 valence electrons. The average molecular weight is 549 g/mol. The lowest BCUT2D eigenvalue weighted by Crippen LogP contribution is -2.68. The highest BCUT2D eigenvalue weighted by molar-refractivity contribution is 7.88. The number of ether oxygens (including phenoxy) is 2. The van der Waals surface area contributed by atoms with E-state index >= 15 is 0 Å². The van der Waals surface area contributed by atoms with E-state index < -0.39 is 64.2 Å². The Hall–Kier alpha value is -3.29. The molecule has 13 heteroatoms. The number of esters is 1. The number of sulfonamides is 1. The van der Waals surface area contributed by atoms with Gasteiger partial charge in [0.15, 0.2) is 0 Å². The maximum atomic E-state index is 13.9. The van der Waals surface area contributed by atoms with Crippen molar-refractivity contribution < 1.29 is 37.1 Å². The van der Waals surface area contributed by atoms with E-state index in [-0.39, 0.29) is 32.5 Å². The first-order valence-corrected chi connectivity index (χ1v) is 14.3. The largest absolute Gasteiger partial charge is 0.433 e. The molecule has 1 aromatic carbocycles. The minimum absolute atomic E-state index is 0.00460. The van der Waals surface area contributed by atoms with E-state index in [1.807, 2.05) is 6.08 Å². The fourth-order valence-electron chi connectivity index (χ4n) is 4.90. The molecule has 2 fully saturated rings. The van der Waals surface area contributed by atoms with E-state index in [4.69, 9.17) is 9.47 Å². The molecule has 0 radical (unpaired) electrons. The van der Waals surface area contributed by atoms with Crippen molar-refractivity contribution in [3.05, 3.63) is 48.0 Å². The Kier molecular flexibility index (Phi) is 8.48. The minimum Gasteiger partial charge on any atom is -0.433 e. The highest BCUT2D eigenvalue weighted by Crippen LogP contribution is 2.26. The molecule has 3 heterocycles. The second-order valence-corrected chi connectivity index (χ2v) is 11.4. The summed E-state index contributed by atoms with van der Waals surface area (Å²) in [7, 11) is -3.69. The number of nitrogens with one attached hydrogen (secondary N) is 2. The Morgan fingerprint density at radius 3 is 2.47 bits per heavy atom. The summed E-state index contributed by atoms with van der Waals surface area (Å²) >= 11 is 0. The second kappa shape index (κ2) is 11.6. The third-order valence-corrected chi connectivity index (χ3v) is 7.99. The molecule has 4 rings (SSSR count). The van der Waals surface area contributed by atoms with Gasteiger partial charge in [-0.05, 0) is 31.9 Å². The lowest BCUT2D eigenvalue weighted by molar-refractivity contribution is -0.165. The molecule has 0 saturated carbocycles. The SMILES string of the molecule is CCOC1OC(=O)CC1NC(=O)[C@@H]1CN(S(C)(=O)=O)C[C@@H]2CC=CC[C@H](NC(=O)c3ccccc3)C(=O)N21. The van der Waals surface area contributed by atoms with Crippen LogP contribution in [0.2, 0.25) is 0 Å². The van der Waals surface area contributed by atoms with Crippen LogP contribution in [0.1, 0.15) is 36.5 Å². The molecule has 3 amide bonds. The van der Waals surface area contributed by atoms with Gasteiger partial charge in [-0.1, -0.05) is 30.4 Å². The predicted molar refractivity (Wildman–Crippen MR) is 135 cm³/mol. The van der Waals surface area contributed by atoms with Crippen molar-refractivity contribution in [2.45, 2.75) is 56.6 Å². The number of hydrogen-bond acceptors (Lipinski definition) is 8. The van der Waals surface area contributed by atoms with Gasteiger partial charge in [0.25, 0.3) is 5.91 Å². The monoisotopic (exact) mass is 548 g/mol. The van der Waals surface area contributed by atoms with Crippen molar-refractivity contribution in [1.29, 1.82) is 0 Å². The molecule has 2 unspecified atom stereocenters. The van der Waals surface area contributed by atoms with Crippen LogP contribution in [0.25, 0.3) is 0 Å². The lowest BCUT2D eigenvalue weighted by Gasteiger charge is -2.46. The maximum Gasteiger partial charge on any atom is 0.310 e. The number of rotatable bonds is 7. The Morgan fingerprint density at radius 2 is 1.79 bits per heavy atom. The summed E-state index contributed by atoms with van der Waals surface area (Å²) in [6.45, 7) is 1.70. The molecule has 12 nitrogen and oxygen atoms in total. The van der Waals surface area contributed by atoms with Gasteiger partial charge in [-0.25, -0.2) is 8.42 Å². The molecule has 2 saturated heterocycles. The van der Waals surface area contributed by atoms with Gasteiger partial charge in [0.05, 0.1) is 12.7 Å². The molecular weight excluding hydrogens is 516 g/mol. The van der Waals surface area contributed by atoms with E-state index in [1.54, 1.807) is 43.3 Å². The number of fused-ring (bicyclic) bond motifs is 1. The Bertz CT molecular complexity index is 1200.